The minimum Gasteiger partial charge on any atom is -0.462 e. The summed E-state index contributed by atoms with van der Waals surface area (Å²) in [7, 11) is 0. The summed E-state index contributed by atoms with van der Waals surface area (Å²) in [4.78, 5) is 16.7. The minimum atomic E-state index is -0.227. The third-order valence-electron chi connectivity index (χ3n) is 1.93. The second-order valence-corrected chi connectivity index (χ2v) is 5.22. The van der Waals surface area contributed by atoms with E-state index in [4.69, 9.17) is 4.74 Å². The lowest BCUT2D eigenvalue weighted by molar-refractivity contribution is -0.146. The number of thiazole rings is 1. The molecule has 0 aliphatic carbocycles. The molecule has 4 nitrogen and oxygen atoms in total. The second kappa shape index (κ2) is 5.96. The van der Waals surface area contributed by atoms with Crippen LogP contribution in [0.5, 0.6) is 0 Å². The van der Waals surface area contributed by atoms with Gasteiger partial charge in [-0.25, -0.2) is 4.98 Å². The molecule has 0 saturated carbocycles. The number of hydrogen-bond acceptors (Lipinski definition) is 5. The first-order valence-corrected chi connectivity index (χ1v) is 6.16. The topological polar surface area (TPSA) is 51.2 Å². The molecule has 1 rings (SSSR count). The average Bonchev–Trinajstić information content (AvgIpc) is 2.60. The van der Waals surface area contributed by atoms with E-state index in [1.165, 1.54) is 4.88 Å². The van der Waals surface area contributed by atoms with Crippen LogP contribution < -0.4 is 5.32 Å². The Morgan fingerprint density at radius 1 is 1.56 bits per heavy atom. The van der Waals surface area contributed by atoms with Crippen LogP contribution in [0, 0.1) is 6.92 Å². The van der Waals surface area contributed by atoms with E-state index in [9.17, 15) is 4.79 Å². The zero-order valence-electron chi connectivity index (χ0n) is 10.1. The van der Waals surface area contributed by atoms with Gasteiger partial charge in [0, 0.05) is 11.1 Å². The van der Waals surface area contributed by atoms with Crippen LogP contribution in [0.15, 0.2) is 6.20 Å². The number of ether oxygens (including phenoxy) is 1. The van der Waals surface area contributed by atoms with Crippen molar-refractivity contribution in [2.45, 2.75) is 39.8 Å². The molecule has 0 aliphatic heterocycles. The quantitative estimate of drug-likeness (QED) is 0.803. The van der Waals surface area contributed by atoms with Crippen molar-refractivity contribution in [2.75, 3.05) is 6.54 Å². The molecule has 0 saturated heterocycles. The summed E-state index contributed by atoms with van der Waals surface area (Å²) in [6.45, 7) is 7.90. The normalized spacial score (nSPS) is 12.8. The van der Waals surface area contributed by atoms with Crippen molar-refractivity contribution in [1.29, 1.82) is 0 Å². The number of esters is 1. The van der Waals surface area contributed by atoms with Crippen molar-refractivity contribution in [3.8, 4) is 0 Å². The number of aromatic nitrogens is 1. The molecule has 1 unspecified atom stereocenters. The summed E-state index contributed by atoms with van der Waals surface area (Å²) >= 11 is 1.64. The lowest BCUT2D eigenvalue weighted by atomic mass is 10.3. The lowest BCUT2D eigenvalue weighted by Crippen LogP contribution is -2.28. The number of aryl methyl sites for hydroxylation is 1. The molecular weight excluding hydrogens is 224 g/mol. The van der Waals surface area contributed by atoms with Crippen LogP contribution in [0.3, 0.4) is 0 Å². The Balaban J connectivity index is 2.35. The van der Waals surface area contributed by atoms with Gasteiger partial charge in [-0.15, -0.1) is 11.3 Å². The van der Waals surface area contributed by atoms with E-state index >= 15 is 0 Å². The van der Waals surface area contributed by atoms with E-state index in [2.05, 4.69) is 10.3 Å². The Morgan fingerprint density at radius 3 is 2.75 bits per heavy atom. The molecule has 0 aromatic carbocycles. The zero-order valence-corrected chi connectivity index (χ0v) is 10.9. The number of nitrogens with one attached hydrogen (secondary N) is 1. The Labute approximate surface area is 100 Å². The molecule has 1 heterocycles. The fourth-order valence-electron chi connectivity index (χ4n) is 1.20. The number of nitrogens with zero attached hydrogens (tertiary/aromatic N) is 1. The Bertz CT molecular complexity index is 350. The van der Waals surface area contributed by atoms with Gasteiger partial charge in [-0.1, -0.05) is 0 Å². The first kappa shape index (κ1) is 13.1. The fraction of sp³-hybridized carbons (Fsp3) is 0.636. The number of carbonyl (C=O) groups is 1. The summed E-state index contributed by atoms with van der Waals surface area (Å²) in [5, 5.41) is 4.09. The van der Waals surface area contributed by atoms with Gasteiger partial charge in [0.15, 0.2) is 0 Å². The van der Waals surface area contributed by atoms with Crippen LogP contribution in [0.2, 0.25) is 0 Å². The van der Waals surface area contributed by atoms with E-state index in [-0.39, 0.29) is 24.7 Å². The van der Waals surface area contributed by atoms with E-state index in [1.54, 1.807) is 11.3 Å². The maximum Gasteiger partial charge on any atom is 0.320 e. The highest BCUT2D eigenvalue weighted by Crippen LogP contribution is 2.18. The standard InChI is InChI=1S/C11H18N2O2S/c1-7(2)15-10(14)6-12-9(4)11-13-5-8(3)16-11/h5,7,9,12H,6H2,1-4H3. The van der Waals surface area contributed by atoms with Gasteiger partial charge in [-0.3, -0.25) is 10.1 Å². The van der Waals surface area contributed by atoms with Crippen LogP contribution >= 0.6 is 11.3 Å². The van der Waals surface area contributed by atoms with Crippen LogP contribution in [0.1, 0.15) is 36.7 Å². The molecule has 16 heavy (non-hydrogen) atoms. The maximum atomic E-state index is 11.3. The molecule has 5 heteroatoms. The highest BCUT2D eigenvalue weighted by molar-refractivity contribution is 7.11. The summed E-state index contributed by atoms with van der Waals surface area (Å²) < 4.78 is 5.02. The number of hydrogen-bond donors (Lipinski definition) is 1. The molecule has 0 amide bonds. The molecular formula is C11H18N2O2S. The maximum absolute atomic E-state index is 11.3. The van der Waals surface area contributed by atoms with Crippen molar-refractivity contribution in [2.24, 2.45) is 0 Å². The Hall–Kier alpha value is -0.940. The lowest BCUT2D eigenvalue weighted by Gasteiger charge is -2.12. The third kappa shape index (κ3) is 4.28. The van der Waals surface area contributed by atoms with Crippen LogP contribution in [0.4, 0.5) is 0 Å². The summed E-state index contributed by atoms with van der Waals surface area (Å²) in [5.41, 5.74) is 0. The van der Waals surface area contributed by atoms with Gasteiger partial charge in [0.2, 0.25) is 0 Å². The first-order valence-electron chi connectivity index (χ1n) is 5.34. The fourth-order valence-corrected chi connectivity index (χ4v) is 2.00. The van der Waals surface area contributed by atoms with Gasteiger partial charge >= 0.3 is 5.97 Å². The molecule has 0 fully saturated rings. The van der Waals surface area contributed by atoms with Gasteiger partial charge in [0.05, 0.1) is 18.7 Å². The van der Waals surface area contributed by atoms with E-state index in [1.807, 2.05) is 33.9 Å². The van der Waals surface area contributed by atoms with Gasteiger partial charge in [-0.05, 0) is 27.7 Å². The number of carbonyl (C=O) groups excluding carboxylic acids is 1. The van der Waals surface area contributed by atoms with Crippen LogP contribution in [-0.4, -0.2) is 23.6 Å². The van der Waals surface area contributed by atoms with Gasteiger partial charge in [-0.2, -0.15) is 0 Å². The van der Waals surface area contributed by atoms with Gasteiger partial charge in [0.1, 0.15) is 5.01 Å². The predicted molar refractivity (Wildman–Crippen MR) is 64.5 cm³/mol. The van der Waals surface area contributed by atoms with E-state index < -0.39 is 0 Å². The molecule has 0 bridgehead atoms. The van der Waals surface area contributed by atoms with Gasteiger partial charge in [0.25, 0.3) is 0 Å². The molecule has 1 N–H and O–H groups in total. The summed E-state index contributed by atoms with van der Waals surface area (Å²) in [6.07, 6.45) is 1.77. The van der Waals surface area contributed by atoms with Crippen molar-refractivity contribution in [3.05, 3.63) is 16.1 Å². The van der Waals surface area contributed by atoms with Crippen LogP contribution in [0.25, 0.3) is 0 Å². The van der Waals surface area contributed by atoms with E-state index in [0.717, 1.165) is 5.01 Å². The Kier molecular flexibility index (Phi) is 4.89. The smallest absolute Gasteiger partial charge is 0.320 e. The minimum absolute atomic E-state index is 0.0632. The Morgan fingerprint density at radius 2 is 2.25 bits per heavy atom. The highest BCUT2D eigenvalue weighted by atomic mass is 32.1. The SMILES string of the molecule is Cc1cnc(C(C)NCC(=O)OC(C)C)s1. The van der Waals surface area contributed by atoms with E-state index in [0.29, 0.717) is 0 Å². The third-order valence-corrected chi connectivity index (χ3v) is 3.02. The van der Waals surface area contributed by atoms with Crippen molar-refractivity contribution in [1.82, 2.24) is 10.3 Å². The summed E-state index contributed by atoms with van der Waals surface area (Å²) in [6, 6.07) is 0.0819. The second-order valence-electron chi connectivity index (χ2n) is 3.95. The summed E-state index contributed by atoms with van der Waals surface area (Å²) in [5.74, 6) is -0.227. The molecule has 1 aromatic rings. The molecule has 90 valence electrons. The first-order chi connectivity index (χ1) is 7.49. The zero-order chi connectivity index (χ0) is 12.1. The van der Waals surface area contributed by atoms with Gasteiger partial charge < -0.3 is 4.74 Å². The average molecular weight is 242 g/mol. The number of rotatable bonds is 5. The molecule has 0 spiro atoms. The van der Waals surface area contributed by atoms with Crippen molar-refractivity contribution in [3.63, 3.8) is 0 Å². The predicted octanol–water partition coefficient (Wildman–Crippen LogP) is 2.05. The van der Waals surface area contributed by atoms with Crippen LogP contribution in [-0.2, 0) is 9.53 Å². The molecule has 1 aromatic heterocycles. The largest absolute Gasteiger partial charge is 0.462 e. The van der Waals surface area contributed by atoms with Crippen molar-refractivity contribution < 1.29 is 9.53 Å². The molecule has 0 radical (unpaired) electrons. The highest BCUT2D eigenvalue weighted by Gasteiger charge is 2.11. The monoisotopic (exact) mass is 242 g/mol. The molecule has 1 atom stereocenters. The van der Waals surface area contributed by atoms with Crippen molar-refractivity contribution >= 4 is 17.3 Å². The molecule has 0 aliphatic rings.